The maximum Gasteiger partial charge on any atom is 0.545 e. The van der Waals surface area contributed by atoms with Crippen molar-refractivity contribution in [1.29, 1.82) is 0 Å². The van der Waals surface area contributed by atoms with E-state index in [0.717, 1.165) is 14.8 Å². The molecule has 12 heavy (non-hydrogen) atoms. The van der Waals surface area contributed by atoms with Crippen LogP contribution in [0.4, 0.5) is 0 Å². The molecule has 0 saturated carbocycles. The fourth-order valence-corrected chi connectivity index (χ4v) is 1.17. The van der Waals surface area contributed by atoms with Crippen LogP contribution in [0.3, 0.4) is 0 Å². The third kappa shape index (κ3) is 0.852. The lowest BCUT2D eigenvalue weighted by molar-refractivity contribution is -0.973. The van der Waals surface area contributed by atoms with Gasteiger partial charge in [0.25, 0.3) is 0 Å². The molecule has 0 radical (unpaired) electrons. The van der Waals surface area contributed by atoms with E-state index in [4.69, 9.17) is 0 Å². The molecule has 2 aromatic heterocycles. The van der Waals surface area contributed by atoms with Crippen molar-refractivity contribution >= 4 is 11.0 Å². The Morgan fingerprint density at radius 2 is 1.42 bits per heavy atom. The van der Waals surface area contributed by atoms with E-state index in [-0.39, 0.29) is 0 Å². The number of hydrogen-bond acceptors (Lipinski definition) is 2. The third-order valence-corrected chi connectivity index (χ3v) is 1.70. The van der Waals surface area contributed by atoms with Crippen molar-refractivity contribution in [3.63, 3.8) is 0 Å². The first kappa shape index (κ1) is 6.84. The zero-order valence-electron chi connectivity index (χ0n) is 6.25. The molecule has 2 heterocycles. The molecule has 4 heteroatoms. The predicted molar refractivity (Wildman–Crippen MR) is 38.7 cm³/mol. The van der Waals surface area contributed by atoms with Gasteiger partial charge in [-0.05, 0) is 12.1 Å². The summed E-state index contributed by atoms with van der Waals surface area (Å²) < 4.78 is 1.74. The Morgan fingerprint density at radius 1 is 0.917 bits per heavy atom. The first-order chi connectivity index (χ1) is 5.79. The van der Waals surface area contributed by atoms with Crippen LogP contribution >= 0.6 is 0 Å². The second-order valence-electron chi connectivity index (χ2n) is 2.48. The summed E-state index contributed by atoms with van der Waals surface area (Å²) >= 11 is 0. The summed E-state index contributed by atoms with van der Waals surface area (Å²) in [5.74, 6) is 0. The van der Waals surface area contributed by atoms with Crippen LogP contribution < -0.4 is 9.46 Å². The van der Waals surface area contributed by atoms with Crippen molar-refractivity contribution < 1.29 is 19.9 Å². The van der Waals surface area contributed by atoms with Crippen molar-refractivity contribution in [1.82, 2.24) is 0 Å². The van der Waals surface area contributed by atoms with Crippen LogP contribution in [0.5, 0.6) is 0 Å². The van der Waals surface area contributed by atoms with Gasteiger partial charge in [-0.2, -0.15) is 0 Å². The van der Waals surface area contributed by atoms with E-state index in [1.165, 1.54) is 12.4 Å². The van der Waals surface area contributed by atoms with Gasteiger partial charge in [0.15, 0.2) is 0 Å². The number of pyridine rings is 2. The molecular weight excluding hydrogens is 156 g/mol. The van der Waals surface area contributed by atoms with Crippen LogP contribution in [0.15, 0.2) is 36.7 Å². The highest BCUT2D eigenvalue weighted by molar-refractivity contribution is 5.67. The molecule has 0 atom stereocenters. The van der Waals surface area contributed by atoms with Gasteiger partial charge in [0, 0.05) is 12.1 Å². The van der Waals surface area contributed by atoms with E-state index < -0.39 is 0 Å². The van der Waals surface area contributed by atoms with Gasteiger partial charge >= 0.3 is 5.65 Å². The molecule has 2 aromatic rings. The van der Waals surface area contributed by atoms with Gasteiger partial charge in [0.05, 0.1) is 9.46 Å². The molecule has 0 aliphatic carbocycles. The fraction of sp³-hybridized carbons (Fsp3) is 0. The van der Waals surface area contributed by atoms with Crippen LogP contribution in [0.2, 0.25) is 0 Å². The summed E-state index contributed by atoms with van der Waals surface area (Å²) in [6, 6.07) is 6.99. The number of aromatic nitrogens is 2. The largest absolute Gasteiger partial charge is 0.545 e. The van der Waals surface area contributed by atoms with Crippen molar-refractivity contribution in [2.45, 2.75) is 0 Å². The molecular formula is C8H8N2O2+2. The quantitative estimate of drug-likeness (QED) is 0.421. The molecule has 2 rings (SSSR count). The van der Waals surface area contributed by atoms with Gasteiger partial charge in [-0.15, -0.1) is 0 Å². The first-order valence-electron chi connectivity index (χ1n) is 3.52. The summed E-state index contributed by atoms with van der Waals surface area (Å²) in [6.07, 6.45) is 2.91. The van der Waals surface area contributed by atoms with E-state index in [1.54, 1.807) is 24.3 Å². The molecule has 0 saturated heterocycles. The molecule has 0 amide bonds. The monoisotopic (exact) mass is 164 g/mol. The molecule has 60 valence electrons. The standard InChI is InChI=1S/C8H8N2O2/c11-9-5-1-3-7-4-2-6-10(12)8(7)9/h1-6,11-12H/q+2. The van der Waals surface area contributed by atoms with E-state index in [2.05, 4.69) is 0 Å². The summed E-state index contributed by atoms with van der Waals surface area (Å²) in [5.41, 5.74) is 0.347. The zero-order chi connectivity index (χ0) is 8.55. The minimum atomic E-state index is 0.347. The van der Waals surface area contributed by atoms with Crippen LogP contribution in [-0.4, -0.2) is 10.4 Å². The SMILES string of the molecule is O[n+]1cccc2ccc[n+](O)c21. The highest BCUT2D eigenvalue weighted by Crippen LogP contribution is 2.01. The highest BCUT2D eigenvalue weighted by Gasteiger charge is 2.19. The zero-order valence-corrected chi connectivity index (χ0v) is 6.25. The van der Waals surface area contributed by atoms with Gasteiger partial charge in [-0.25, -0.2) is 0 Å². The van der Waals surface area contributed by atoms with Gasteiger partial charge in [-0.1, -0.05) is 0 Å². The molecule has 0 bridgehead atoms. The molecule has 0 unspecified atom stereocenters. The maximum absolute atomic E-state index is 9.29. The van der Waals surface area contributed by atoms with Crippen LogP contribution in [-0.2, 0) is 0 Å². The van der Waals surface area contributed by atoms with Crippen LogP contribution in [0.1, 0.15) is 0 Å². The topological polar surface area (TPSA) is 48.2 Å². The van der Waals surface area contributed by atoms with Crippen molar-refractivity contribution in [3.8, 4) is 0 Å². The molecule has 4 nitrogen and oxygen atoms in total. The molecule has 2 N–H and O–H groups in total. The minimum absolute atomic E-state index is 0.347. The maximum atomic E-state index is 9.29. The van der Waals surface area contributed by atoms with E-state index in [1.807, 2.05) is 0 Å². The van der Waals surface area contributed by atoms with Crippen molar-refractivity contribution in [2.24, 2.45) is 0 Å². The van der Waals surface area contributed by atoms with Crippen molar-refractivity contribution in [3.05, 3.63) is 36.7 Å². The number of hydrogen-bond donors (Lipinski definition) is 2. The van der Waals surface area contributed by atoms with Crippen LogP contribution in [0.25, 0.3) is 11.0 Å². The summed E-state index contributed by atoms with van der Waals surface area (Å²) in [5, 5.41) is 19.3. The Hall–Kier alpha value is -1.84. The Bertz CT molecular complexity index is 392. The molecule has 0 aromatic carbocycles. The van der Waals surface area contributed by atoms with E-state index in [0.29, 0.717) is 5.65 Å². The fourth-order valence-electron chi connectivity index (χ4n) is 1.17. The average Bonchev–Trinajstić information content (AvgIpc) is 2.04. The lowest BCUT2D eigenvalue weighted by Gasteiger charge is -1.87. The average molecular weight is 164 g/mol. The number of rotatable bonds is 0. The smallest absolute Gasteiger partial charge is 0.279 e. The van der Waals surface area contributed by atoms with E-state index in [9.17, 15) is 10.4 Å². The van der Waals surface area contributed by atoms with Gasteiger partial charge < -0.3 is 0 Å². The lowest BCUT2D eigenvalue weighted by atomic mass is 10.3. The Labute approximate surface area is 68.5 Å². The Morgan fingerprint density at radius 3 is 1.83 bits per heavy atom. The van der Waals surface area contributed by atoms with Gasteiger partial charge in [0.2, 0.25) is 12.4 Å². The normalized spacial score (nSPS) is 10.3. The first-order valence-corrected chi connectivity index (χ1v) is 3.52. The predicted octanol–water partition coefficient (Wildman–Crippen LogP) is -0.111. The molecule has 0 aliphatic heterocycles. The Balaban J connectivity index is 2.96. The summed E-state index contributed by atoms with van der Waals surface area (Å²) in [6.45, 7) is 0. The third-order valence-electron chi connectivity index (χ3n) is 1.70. The number of fused-ring (bicyclic) bond motifs is 1. The number of nitrogens with zero attached hydrogens (tertiary/aromatic N) is 2. The van der Waals surface area contributed by atoms with Gasteiger partial charge in [-0.3, -0.25) is 10.4 Å². The lowest BCUT2D eigenvalue weighted by Crippen LogP contribution is -2.44. The highest BCUT2D eigenvalue weighted by atomic mass is 16.5. The minimum Gasteiger partial charge on any atom is -0.279 e. The van der Waals surface area contributed by atoms with Crippen LogP contribution in [0, 0.1) is 0 Å². The van der Waals surface area contributed by atoms with Crippen molar-refractivity contribution in [2.75, 3.05) is 0 Å². The van der Waals surface area contributed by atoms with Gasteiger partial charge in [0.1, 0.15) is 5.39 Å². The second kappa shape index (κ2) is 2.34. The molecule has 0 fully saturated rings. The summed E-state index contributed by atoms with van der Waals surface area (Å²) in [4.78, 5) is 0. The second-order valence-corrected chi connectivity index (χ2v) is 2.48. The molecule has 0 spiro atoms. The van der Waals surface area contributed by atoms with E-state index >= 15 is 0 Å². The Kier molecular flexibility index (Phi) is 1.33. The molecule has 0 aliphatic rings. The summed E-state index contributed by atoms with van der Waals surface area (Å²) in [7, 11) is 0.